The maximum atomic E-state index is 12.1. The van der Waals surface area contributed by atoms with E-state index >= 15 is 0 Å². The number of hydrogen-bond donors (Lipinski definition) is 1. The molecular weight excluding hydrogens is 280 g/mol. The summed E-state index contributed by atoms with van der Waals surface area (Å²) in [4.78, 5) is 20.7. The van der Waals surface area contributed by atoms with E-state index in [9.17, 15) is 4.79 Å². The normalized spacial score (nSPS) is 11.0. The molecule has 0 unspecified atom stereocenters. The molecule has 0 spiro atoms. The first-order chi connectivity index (χ1) is 10.4. The van der Waals surface area contributed by atoms with Gasteiger partial charge in [0, 0.05) is 24.5 Å². The van der Waals surface area contributed by atoms with Gasteiger partial charge in [0.15, 0.2) is 5.82 Å². The smallest absolute Gasteiger partial charge is 0.227 e. The van der Waals surface area contributed by atoms with Crippen molar-refractivity contribution in [3.8, 4) is 0 Å². The minimum absolute atomic E-state index is 0.0823. The van der Waals surface area contributed by atoms with Crippen LogP contribution in [-0.2, 0) is 11.2 Å². The van der Waals surface area contributed by atoms with E-state index < -0.39 is 0 Å². The molecule has 2 aromatic rings. The van der Waals surface area contributed by atoms with Gasteiger partial charge in [-0.1, -0.05) is 19.0 Å². The summed E-state index contributed by atoms with van der Waals surface area (Å²) < 4.78 is 5.14. The van der Waals surface area contributed by atoms with Crippen molar-refractivity contribution in [2.45, 2.75) is 53.4 Å². The highest BCUT2D eigenvalue weighted by Crippen LogP contribution is 2.19. The molecule has 0 saturated carbocycles. The number of carbonyl (C=O) groups is 1. The molecule has 0 aromatic carbocycles. The van der Waals surface area contributed by atoms with E-state index in [0.717, 1.165) is 22.6 Å². The number of aryl methyl sites for hydroxylation is 4. The zero-order valence-corrected chi connectivity index (χ0v) is 13.7. The Bertz CT molecular complexity index is 654. The van der Waals surface area contributed by atoms with Gasteiger partial charge in [0.25, 0.3) is 0 Å². The van der Waals surface area contributed by atoms with Gasteiger partial charge >= 0.3 is 0 Å². The second-order valence-corrected chi connectivity index (χ2v) is 5.79. The third-order valence-corrected chi connectivity index (χ3v) is 3.36. The monoisotopic (exact) mass is 302 g/mol. The topological polar surface area (TPSA) is 80.9 Å². The molecule has 1 amide bonds. The Morgan fingerprint density at radius 3 is 2.59 bits per heavy atom. The minimum atomic E-state index is -0.0823. The van der Waals surface area contributed by atoms with Crippen LogP contribution in [0.15, 0.2) is 10.6 Å². The van der Waals surface area contributed by atoms with Crippen molar-refractivity contribution in [3.05, 3.63) is 34.7 Å². The standard InChI is InChI=1S/C16H22N4O2/c1-9(2)16-19-14(22-20-16)7-6-13(21)18-15-10(3)8-11(4)17-12(15)5/h8-9H,6-7H2,1-5H3,(H,18,21). The molecule has 2 heterocycles. The van der Waals surface area contributed by atoms with Crippen LogP contribution in [-0.4, -0.2) is 21.0 Å². The average Bonchev–Trinajstić information content (AvgIpc) is 2.89. The van der Waals surface area contributed by atoms with Crippen LogP contribution in [0, 0.1) is 20.8 Å². The van der Waals surface area contributed by atoms with E-state index in [1.54, 1.807) is 0 Å². The van der Waals surface area contributed by atoms with Crippen molar-refractivity contribution in [2.24, 2.45) is 0 Å². The quantitative estimate of drug-likeness (QED) is 0.918. The third-order valence-electron chi connectivity index (χ3n) is 3.36. The van der Waals surface area contributed by atoms with Crippen LogP contribution >= 0.6 is 0 Å². The van der Waals surface area contributed by atoms with Crippen LogP contribution in [0.4, 0.5) is 5.69 Å². The maximum absolute atomic E-state index is 12.1. The number of aromatic nitrogens is 3. The second kappa shape index (κ2) is 6.68. The number of rotatable bonds is 5. The van der Waals surface area contributed by atoms with Crippen LogP contribution in [0.3, 0.4) is 0 Å². The van der Waals surface area contributed by atoms with Gasteiger partial charge in [-0.05, 0) is 32.4 Å². The fraction of sp³-hybridized carbons (Fsp3) is 0.500. The molecule has 0 fully saturated rings. The highest BCUT2D eigenvalue weighted by atomic mass is 16.5. The molecule has 0 aliphatic heterocycles. The van der Waals surface area contributed by atoms with Crippen LogP contribution in [0.25, 0.3) is 0 Å². The zero-order chi connectivity index (χ0) is 16.3. The molecular formula is C16H22N4O2. The van der Waals surface area contributed by atoms with Crippen molar-refractivity contribution in [2.75, 3.05) is 5.32 Å². The largest absolute Gasteiger partial charge is 0.339 e. The SMILES string of the molecule is Cc1cc(C)c(NC(=O)CCc2nc(C(C)C)no2)c(C)n1. The van der Waals surface area contributed by atoms with Crippen molar-refractivity contribution in [1.29, 1.82) is 0 Å². The van der Waals surface area contributed by atoms with Crippen LogP contribution in [0.2, 0.25) is 0 Å². The maximum Gasteiger partial charge on any atom is 0.227 e. The van der Waals surface area contributed by atoms with Crippen LogP contribution < -0.4 is 5.32 Å². The highest BCUT2D eigenvalue weighted by Gasteiger charge is 2.13. The Kier molecular flexibility index (Phi) is 4.90. The average molecular weight is 302 g/mol. The number of hydrogen-bond acceptors (Lipinski definition) is 5. The lowest BCUT2D eigenvalue weighted by atomic mass is 10.1. The fourth-order valence-corrected chi connectivity index (χ4v) is 2.24. The van der Waals surface area contributed by atoms with E-state index in [2.05, 4.69) is 20.4 Å². The predicted octanol–water partition coefficient (Wildman–Crippen LogP) is 3.08. The molecule has 0 radical (unpaired) electrons. The molecule has 0 atom stereocenters. The Labute approximate surface area is 130 Å². The van der Waals surface area contributed by atoms with E-state index in [1.165, 1.54) is 0 Å². The summed E-state index contributed by atoms with van der Waals surface area (Å²) in [5, 5.41) is 6.80. The number of nitrogens with one attached hydrogen (secondary N) is 1. The summed E-state index contributed by atoms with van der Waals surface area (Å²) in [5.41, 5.74) is 3.56. The lowest BCUT2D eigenvalue weighted by molar-refractivity contribution is -0.116. The van der Waals surface area contributed by atoms with Gasteiger partial charge in [-0.15, -0.1) is 0 Å². The molecule has 0 aliphatic rings. The number of nitrogens with zero attached hydrogens (tertiary/aromatic N) is 3. The molecule has 2 rings (SSSR count). The Morgan fingerprint density at radius 2 is 2.00 bits per heavy atom. The minimum Gasteiger partial charge on any atom is -0.339 e. The number of anilines is 1. The molecule has 6 heteroatoms. The molecule has 0 aliphatic carbocycles. The summed E-state index contributed by atoms with van der Waals surface area (Å²) in [7, 11) is 0. The van der Waals surface area contributed by atoms with Gasteiger partial charge in [0.1, 0.15) is 0 Å². The molecule has 118 valence electrons. The molecule has 6 nitrogen and oxygen atoms in total. The first kappa shape index (κ1) is 16.1. The summed E-state index contributed by atoms with van der Waals surface area (Å²) in [6.45, 7) is 9.79. The summed E-state index contributed by atoms with van der Waals surface area (Å²) in [6, 6.07) is 1.95. The fourth-order valence-electron chi connectivity index (χ4n) is 2.24. The predicted molar refractivity (Wildman–Crippen MR) is 83.8 cm³/mol. The lowest BCUT2D eigenvalue weighted by Gasteiger charge is -2.11. The van der Waals surface area contributed by atoms with Crippen LogP contribution in [0.1, 0.15) is 54.9 Å². The van der Waals surface area contributed by atoms with E-state index in [-0.39, 0.29) is 11.8 Å². The van der Waals surface area contributed by atoms with Gasteiger partial charge in [-0.2, -0.15) is 4.98 Å². The first-order valence-electron chi connectivity index (χ1n) is 7.44. The summed E-state index contributed by atoms with van der Waals surface area (Å²) >= 11 is 0. The van der Waals surface area contributed by atoms with Gasteiger partial charge in [-0.25, -0.2) is 0 Å². The highest BCUT2D eigenvalue weighted by molar-refractivity contribution is 5.92. The van der Waals surface area contributed by atoms with Gasteiger partial charge in [0.2, 0.25) is 11.8 Å². The van der Waals surface area contributed by atoms with Gasteiger partial charge in [-0.3, -0.25) is 9.78 Å². The number of pyridine rings is 1. The van der Waals surface area contributed by atoms with Crippen LogP contribution in [0.5, 0.6) is 0 Å². The van der Waals surface area contributed by atoms with Crippen molar-refractivity contribution >= 4 is 11.6 Å². The number of amides is 1. The van der Waals surface area contributed by atoms with Crippen molar-refractivity contribution < 1.29 is 9.32 Å². The third kappa shape index (κ3) is 3.90. The van der Waals surface area contributed by atoms with E-state index in [0.29, 0.717) is 24.6 Å². The first-order valence-corrected chi connectivity index (χ1v) is 7.44. The molecule has 0 bridgehead atoms. The van der Waals surface area contributed by atoms with Gasteiger partial charge in [0.05, 0.1) is 11.4 Å². The summed E-state index contributed by atoms with van der Waals surface area (Å²) in [5.74, 6) is 1.30. The molecule has 22 heavy (non-hydrogen) atoms. The van der Waals surface area contributed by atoms with E-state index in [4.69, 9.17) is 4.52 Å². The van der Waals surface area contributed by atoms with Crippen molar-refractivity contribution in [3.63, 3.8) is 0 Å². The Hall–Kier alpha value is -2.24. The lowest BCUT2D eigenvalue weighted by Crippen LogP contribution is -2.15. The van der Waals surface area contributed by atoms with E-state index in [1.807, 2.05) is 40.7 Å². The molecule has 1 N–H and O–H groups in total. The Balaban J connectivity index is 1.96. The molecule has 2 aromatic heterocycles. The van der Waals surface area contributed by atoms with Crippen molar-refractivity contribution in [1.82, 2.24) is 15.1 Å². The number of carbonyl (C=O) groups excluding carboxylic acids is 1. The van der Waals surface area contributed by atoms with Gasteiger partial charge < -0.3 is 9.84 Å². The summed E-state index contributed by atoms with van der Waals surface area (Å²) in [6.07, 6.45) is 0.732. The zero-order valence-electron chi connectivity index (χ0n) is 13.7. The Morgan fingerprint density at radius 1 is 1.27 bits per heavy atom. The molecule has 0 saturated heterocycles. The second-order valence-electron chi connectivity index (χ2n) is 5.79.